The number of hydrogen-bond donors (Lipinski definition) is 1. The zero-order valence-electron chi connectivity index (χ0n) is 9.79. The number of rotatable bonds is 2. The van der Waals surface area contributed by atoms with Crippen LogP contribution in [0.15, 0.2) is 10.2 Å². The first-order valence-electron chi connectivity index (χ1n) is 5.53. The maximum Gasteiger partial charge on any atom is 0.333 e. The van der Waals surface area contributed by atoms with Crippen molar-refractivity contribution in [1.82, 2.24) is 0 Å². The van der Waals surface area contributed by atoms with Crippen LogP contribution in [-0.4, -0.2) is 22.2 Å². The highest BCUT2D eigenvalue weighted by atomic mass is 16.4. The quantitative estimate of drug-likeness (QED) is 0.715. The van der Waals surface area contributed by atoms with Crippen molar-refractivity contribution in [3.63, 3.8) is 0 Å². The number of carboxylic acids is 1. The molecular weight excluding hydrogens is 192 g/mol. The van der Waals surface area contributed by atoms with E-state index in [4.69, 9.17) is 0 Å². The molecule has 0 aromatic heterocycles. The fourth-order valence-corrected chi connectivity index (χ4v) is 1.74. The summed E-state index contributed by atoms with van der Waals surface area (Å²) in [5.41, 5.74) is -1.23. The van der Waals surface area contributed by atoms with E-state index in [1.165, 1.54) is 0 Å². The van der Waals surface area contributed by atoms with E-state index in [2.05, 4.69) is 10.2 Å². The Hall–Kier alpha value is -0.930. The van der Waals surface area contributed by atoms with Gasteiger partial charge in [0.25, 0.3) is 0 Å². The third kappa shape index (κ3) is 3.29. The molecule has 4 nitrogen and oxygen atoms in total. The molecule has 4 heteroatoms. The number of nitrogens with zero attached hydrogens (tertiary/aromatic N) is 2. The SMILES string of the molecule is CC(C)(C)N=NC1(C(=O)O)CCCCC1. The Morgan fingerprint density at radius 2 is 1.73 bits per heavy atom. The maximum absolute atomic E-state index is 11.2. The van der Waals surface area contributed by atoms with Crippen LogP contribution in [0.25, 0.3) is 0 Å². The van der Waals surface area contributed by atoms with Crippen LogP contribution in [0, 0.1) is 0 Å². The van der Waals surface area contributed by atoms with Crippen LogP contribution >= 0.6 is 0 Å². The lowest BCUT2D eigenvalue weighted by atomic mass is 9.82. The van der Waals surface area contributed by atoms with Crippen LogP contribution in [0.2, 0.25) is 0 Å². The van der Waals surface area contributed by atoms with E-state index >= 15 is 0 Å². The molecule has 86 valence electrons. The van der Waals surface area contributed by atoms with Crippen molar-refractivity contribution in [2.24, 2.45) is 10.2 Å². The molecule has 0 aromatic rings. The van der Waals surface area contributed by atoms with Crippen molar-refractivity contribution < 1.29 is 9.90 Å². The zero-order valence-corrected chi connectivity index (χ0v) is 9.79. The summed E-state index contributed by atoms with van der Waals surface area (Å²) >= 11 is 0. The van der Waals surface area contributed by atoms with Crippen LogP contribution in [0.5, 0.6) is 0 Å². The van der Waals surface area contributed by atoms with Gasteiger partial charge in [-0.1, -0.05) is 19.3 Å². The summed E-state index contributed by atoms with van der Waals surface area (Å²) in [6.07, 6.45) is 4.24. The third-order valence-corrected chi connectivity index (χ3v) is 2.62. The fourth-order valence-electron chi connectivity index (χ4n) is 1.74. The molecule has 1 fully saturated rings. The van der Waals surface area contributed by atoms with Crippen molar-refractivity contribution in [2.45, 2.75) is 64.0 Å². The van der Waals surface area contributed by atoms with Gasteiger partial charge < -0.3 is 5.11 Å². The smallest absolute Gasteiger partial charge is 0.333 e. The molecule has 1 N–H and O–H groups in total. The number of azo groups is 1. The predicted octanol–water partition coefficient (Wildman–Crippen LogP) is 3.02. The van der Waals surface area contributed by atoms with Crippen LogP contribution < -0.4 is 0 Å². The maximum atomic E-state index is 11.2. The molecule has 0 radical (unpaired) electrons. The molecule has 0 heterocycles. The lowest BCUT2D eigenvalue weighted by molar-refractivity contribution is -0.144. The van der Waals surface area contributed by atoms with Gasteiger partial charge in [0, 0.05) is 0 Å². The van der Waals surface area contributed by atoms with Crippen molar-refractivity contribution >= 4 is 5.97 Å². The molecular formula is C11H20N2O2. The number of hydrogen-bond acceptors (Lipinski definition) is 3. The van der Waals surface area contributed by atoms with Gasteiger partial charge in [-0.05, 0) is 33.6 Å². The van der Waals surface area contributed by atoms with Gasteiger partial charge in [0.15, 0.2) is 5.54 Å². The Morgan fingerprint density at radius 3 is 2.13 bits per heavy atom. The molecule has 15 heavy (non-hydrogen) atoms. The lowest BCUT2D eigenvalue weighted by Crippen LogP contribution is -2.38. The molecule has 0 aromatic carbocycles. The van der Waals surface area contributed by atoms with Crippen molar-refractivity contribution in [3.8, 4) is 0 Å². The van der Waals surface area contributed by atoms with Crippen molar-refractivity contribution in [2.75, 3.05) is 0 Å². The molecule has 0 amide bonds. The number of aliphatic carboxylic acids is 1. The Bertz CT molecular complexity index is 260. The summed E-state index contributed by atoms with van der Waals surface area (Å²) < 4.78 is 0. The highest BCUT2D eigenvalue weighted by Gasteiger charge is 2.40. The second-order valence-corrected chi connectivity index (χ2v) is 5.27. The van der Waals surface area contributed by atoms with Gasteiger partial charge >= 0.3 is 5.97 Å². The average molecular weight is 212 g/mol. The monoisotopic (exact) mass is 212 g/mol. The average Bonchev–Trinajstić information content (AvgIpc) is 2.15. The Labute approximate surface area is 90.8 Å². The summed E-state index contributed by atoms with van der Waals surface area (Å²) in [6.45, 7) is 5.78. The minimum Gasteiger partial charge on any atom is -0.479 e. The van der Waals surface area contributed by atoms with E-state index in [-0.39, 0.29) is 5.54 Å². The predicted molar refractivity (Wildman–Crippen MR) is 58.1 cm³/mol. The van der Waals surface area contributed by atoms with Crippen LogP contribution in [0.3, 0.4) is 0 Å². The van der Waals surface area contributed by atoms with Crippen molar-refractivity contribution in [1.29, 1.82) is 0 Å². The summed E-state index contributed by atoms with van der Waals surface area (Å²) in [6, 6.07) is 0. The van der Waals surface area contributed by atoms with E-state index in [9.17, 15) is 9.90 Å². The van der Waals surface area contributed by atoms with Gasteiger partial charge in [-0.3, -0.25) is 0 Å². The molecule has 1 aliphatic rings. The molecule has 1 saturated carbocycles. The van der Waals surface area contributed by atoms with E-state index in [0.29, 0.717) is 12.8 Å². The topological polar surface area (TPSA) is 62.0 Å². The third-order valence-electron chi connectivity index (χ3n) is 2.62. The van der Waals surface area contributed by atoms with Gasteiger partial charge in [0.2, 0.25) is 0 Å². The zero-order chi connectivity index (χ0) is 11.5. The largest absolute Gasteiger partial charge is 0.479 e. The molecule has 0 spiro atoms. The van der Waals surface area contributed by atoms with E-state index < -0.39 is 11.5 Å². The highest BCUT2D eigenvalue weighted by molar-refractivity contribution is 5.79. The van der Waals surface area contributed by atoms with E-state index in [0.717, 1.165) is 19.3 Å². The molecule has 0 atom stereocenters. The highest BCUT2D eigenvalue weighted by Crippen LogP contribution is 2.33. The first kappa shape index (κ1) is 12.1. The van der Waals surface area contributed by atoms with Gasteiger partial charge in [-0.25, -0.2) is 4.79 Å². The normalized spacial score (nSPS) is 21.8. The molecule has 1 aliphatic carbocycles. The first-order chi connectivity index (χ1) is 6.86. The van der Waals surface area contributed by atoms with Gasteiger partial charge in [0.05, 0.1) is 5.54 Å². The summed E-state index contributed by atoms with van der Waals surface area (Å²) in [5, 5.41) is 17.5. The molecule has 0 aliphatic heterocycles. The van der Waals surface area contributed by atoms with Gasteiger partial charge in [-0.15, -0.1) is 0 Å². The summed E-state index contributed by atoms with van der Waals surface area (Å²) in [4.78, 5) is 11.2. The molecule has 0 unspecified atom stereocenters. The summed E-state index contributed by atoms with van der Waals surface area (Å²) in [7, 11) is 0. The second-order valence-electron chi connectivity index (χ2n) is 5.27. The Kier molecular flexibility index (Phi) is 3.47. The molecule has 0 saturated heterocycles. The van der Waals surface area contributed by atoms with Gasteiger partial charge in [-0.2, -0.15) is 10.2 Å². The van der Waals surface area contributed by atoms with Crippen LogP contribution in [-0.2, 0) is 4.79 Å². The Morgan fingerprint density at radius 1 is 1.20 bits per heavy atom. The molecule has 0 bridgehead atoms. The molecule has 1 rings (SSSR count). The number of carbonyl (C=O) groups is 1. The Balaban J connectivity index is 2.82. The number of carboxylic acid groups (broad SMARTS) is 1. The minimum atomic E-state index is -0.939. The first-order valence-corrected chi connectivity index (χ1v) is 5.53. The van der Waals surface area contributed by atoms with Crippen molar-refractivity contribution in [3.05, 3.63) is 0 Å². The standard InChI is InChI=1S/C11H20N2O2/c1-10(2,3)12-13-11(9(14)15)7-5-4-6-8-11/h4-8H2,1-3H3,(H,14,15). The second kappa shape index (κ2) is 4.29. The fraction of sp³-hybridized carbons (Fsp3) is 0.909. The lowest BCUT2D eigenvalue weighted by Gasteiger charge is -2.28. The van der Waals surface area contributed by atoms with Crippen LogP contribution in [0.1, 0.15) is 52.9 Å². The van der Waals surface area contributed by atoms with Gasteiger partial charge in [0.1, 0.15) is 0 Å². The van der Waals surface area contributed by atoms with E-state index in [1.54, 1.807) is 0 Å². The minimum absolute atomic E-state index is 0.292. The van der Waals surface area contributed by atoms with Crippen LogP contribution in [0.4, 0.5) is 0 Å². The van der Waals surface area contributed by atoms with E-state index in [1.807, 2.05) is 20.8 Å². The summed E-state index contributed by atoms with van der Waals surface area (Å²) in [5.74, 6) is -0.824.